The van der Waals surface area contributed by atoms with Crippen molar-refractivity contribution < 1.29 is 22.1 Å². The Hall–Kier alpha value is -1.44. The van der Waals surface area contributed by atoms with E-state index in [1.807, 2.05) is 11.8 Å². The van der Waals surface area contributed by atoms with E-state index in [-0.39, 0.29) is 17.4 Å². The molecule has 1 aliphatic heterocycles. The summed E-state index contributed by atoms with van der Waals surface area (Å²) in [5.41, 5.74) is 1.00. The highest BCUT2D eigenvalue weighted by Crippen LogP contribution is 2.22. The molecule has 1 amide bonds. The van der Waals surface area contributed by atoms with E-state index in [0.29, 0.717) is 25.4 Å². The molecule has 1 heterocycles. The lowest BCUT2D eigenvalue weighted by Crippen LogP contribution is -2.43. The van der Waals surface area contributed by atoms with Crippen molar-refractivity contribution in [1.29, 1.82) is 0 Å². The summed E-state index contributed by atoms with van der Waals surface area (Å²) < 4.78 is 34.5. The number of aryl methyl sites for hydroxylation is 1. The molecule has 1 fully saturated rings. The van der Waals surface area contributed by atoms with Crippen LogP contribution in [0.2, 0.25) is 0 Å². The summed E-state index contributed by atoms with van der Waals surface area (Å²) in [5, 5.41) is 0. The Kier molecular flexibility index (Phi) is 6.98. The lowest BCUT2D eigenvalue weighted by atomic mass is 9.94. The summed E-state index contributed by atoms with van der Waals surface area (Å²) >= 11 is 0. The zero-order valence-corrected chi connectivity index (χ0v) is 15.9. The number of hydrogen-bond acceptors (Lipinski definition) is 5. The van der Waals surface area contributed by atoms with Crippen LogP contribution in [0.5, 0.6) is 0 Å². The third-order valence-corrected chi connectivity index (χ3v) is 6.03. The molecular weight excluding hydrogens is 342 g/mol. The zero-order chi connectivity index (χ0) is 18.4. The SMILES string of the molecule is CO[C@H](C)C(=O)N1CCC(CCOS(=O)(=O)c2ccc(C)cc2)CC1. The van der Waals surface area contributed by atoms with E-state index in [4.69, 9.17) is 8.92 Å². The molecule has 1 aromatic rings. The molecule has 0 saturated carbocycles. The van der Waals surface area contributed by atoms with Gasteiger partial charge in [-0.15, -0.1) is 0 Å². The van der Waals surface area contributed by atoms with Crippen molar-refractivity contribution in [1.82, 2.24) is 4.90 Å². The van der Waals surface area contributed by atoms with E-state index in [2.05, 4.69) is 0 Å². The van der Waals surface area contributed by atoms with Crippen molar-refractivity contribution in [2.75, 3.05) is 26.8 Å². The highest BCUT2D eigenvalue weighted by Gasteiger charge is 2.26. The van der Waals surface area contributed by atoms with Gasteiger partial charge in [-0.05, 0) is 51.2 Å². The fourth-order valence-corrected chi connectivity index (χ4v) is 3.82. The van der Waals surface area contributed by atoms with Gasteiger partial charge in [-0.2, -0.15) is 8.42 Å². The van der Waals surface area contributed by atoms with Crippen LogP contribution in [0.4, 0.5) is 0 Å². The van der Waals surface area contributed by atoms with Crippen LogP contribution in [-0.2, 0) is 23.8 Å². The number of benzene rings is 1. The summed E-state index contributed by atoms with van der Waals surface area (Å²) in [6.07, 6.45) is 1.97. The maximum Gasteiger partial charge on any atom is 0.296 e. The molecule has 6 nitrogen and oxygen atoms in total. The van der Waals surface area contributed by atoms with Gasteiger partial charge in [0, 0.05) is 20.2 Å². The first-order valence-corrected chi connectivity index (χ1v) is 10.0. The minimum Gasteiger partial charge on any atom is -0.372 e. The number of ether oxygens (including phenoxy) is 1. The topological polar surface area (TPSA) is 72.9 Å². The number of piperidine rings is 1. The number of carbonyl (C=O) groups is 1. The van der Waals surface area contributed by atoms with Crippen LogP contribution in [0.15, 0.2) is 29.2 Å². The van der Waals surface area contributed by atoms with Crippen molar-refractivity contribution in [2.45, 2.75) is 44.1 Å². The highest BCUT2D eigenvalue weighted by atomic mass is 32.2. The summed E-state index contributed by atoms with van der Waals surface area (Å²) in [7, 11) is -2.17. The normalized spacial score (nSPS) is 17.5. The molecule has 1 aliphatic rings. The first-order valence-electron chi connectivity index (χ1n) is 8.61. The quantitative estimate of drug-likeness (QED) is 0.690. The van der Waals surface area contributed by atoms with E-state index in [1.54, 1.807) is 31.2 Å². The van der Waals surface area contributed by atoms with Crippen LogP contribution < -0.4 is 0 Å². The molecule has 0 bridgehead atoms. The summed E-state index contributed by atoms with van der Waals surface area (Å²) in [6, 6.07) is 6.63. The summed E-state index contributed by atoms with van der Waals surface area (Å²) in [4.78, 5) is 14.1. The average Bonchev–Trinajstić information content (AvgIpc) is 2.61. The molecule has 25 heavy (non-hydrogen) atoms. The summed E-state index contributed by atoms with van der Waals surface area (Å²) in [5.74, 6) is 0.384. The van der Waals surface area contributed by atoms with Crippen molar-refractivity contribution in [3.05, 3.63) is 29.8 Å². The monoisotopic (exact) mass is 369 g/mol. The Morgan fingerprint density at radius 1 is 1.24 bits per heavy atom. The Balaban J connectivity index is 1.76. The fraction of sp³-hybridized carbons (Fsp3) is 0.611. The van der Waals surface area contributed by atoms with Crippen LogP contribution in [0.25, 0.3) is 0 Å². The average molecular weight is 369 g/mol. The molecule has 1 atom stereocenters. The predicted octanol–water partition coefficient (Wildman–Crippen LogP) is 2.36. The number of carbonyl (C=O) groups excluding carboxylic acids is 1. The van der Waals surface area contributed by atoms with Crippen LogP contribution in [0.3, 0.4) is 0 Å². The predicted molar refractivity (Wildman–Crippen MR) is 94.7 cm³/mol. The highest BCUT2D eigenvalue weighted by molar-refractivity contribution is 7.86. The molecule has 0 spiro atoms. The standard InChI is InChI=1S/C18H27NO5S/c1-14-4-6-17(7-5-14)25(21,22)24-13-10-16-8-11-19(12-9-16)18(20)15(2)23-3/h4-7,15-16H,8-13H2,1-3H3/t15-/m1/s1. The lowest BCUT2D eigenvalue weighted by molar-refractivity contribution is -0.142. The number of nitrogens with zero attached hydrogens (tertiary/aromatic N) is 1. The third kappa shape index (κ3) is 5.52. The van der Waals surface area contributed by atoms with Gasteiger partial charge in [-0.25, -0.2) is 0 Å². The minimum absolute atomic E-state index is 0.0131. The molecule has 140 valence electrons. The number of rotatable bonds is 7. The number of methoxy groups -OCH3 is 1. The number of amides is 1. The molecule has 0 N–H and O–H groups in total. The molecule has 0 radical (unpaired) electrons. The van der Waals surface area contributed by atoms with Crippen LogP contribution in [-0.4, -0.2) is 52.1 Å². The van der Waals surface area contributed by atoms with Gasteiger partial charge in [0.15, 0.2) is 0 Å². The lowest BCUT2D eigenvalue weighted by Gasteiger charge is -2.33. The largest absolute Gasteiger partial charge is 0.372 e. The first kappa shape index (κ1) is 19.9. The van der Waals surface area contributed by atoms with Crippen molar-refractivity contribution in [3.8, 4) is 0 Å². The molecular formula is C18H27NO5S. The van der Waals surface area contributed by atoms with E-state index in [0.717, 1.165) is 18.4 Å². The molecule has 2 rings (SSSR count). The van der Waals surface area contributed by atoms with E-state index in [1.165, 1.54) is 7.11 Å². The van der Waals surface area contributed by atoms with Gasteiger partial charge in [-0.3, -0.25) is 8.98 Å². The molecule has 0 aliphatic carbocycles. The smallest absolute Gasteiger partial charge is 0.296 e. The van der Waals surface area contributed by atoms with Crippen LogP contribution in [0.1, 0.15) is 31.7 Å². The Labute approximate surface area is 150 Å². The van der Waals surface area contributed by atoms with Gasteiger partial charge in [-0.1, -0.05) is 17.7 Å². The minimum atomic E-state index is -3.70. The zero-order valence-electron chi connectivity index (χ0n) is 15.1. The van der Waals surface area contributed by atoms with Crippen molar-refractivity contribution in [3.63, 3.8) is 0 Å². The number of likely N-dealkylation sites (tertiary alicyclic amines) is 1. The van der Waals surface area contributed by atoms with Gasteiger partial charge in [0.2, 0.25) is 0 Å². The van der Waals surface area contributed by atoms with Crippen LogP contribution >= 0.6 is 0 Å². The second kappa shape index (κ2) is 8.78. The maximum atomic E-state index is 12.1. The van der Waals surface area contributed by atoms with Crippen molar-refractivity contribution >= 4 is 16.0 Å². The molecule has 1 saturated heterocycles. The molecule has 1 aromatic carbocycles. The summed E-state index contributed by atoms with van der Waals surface area (Å²) in [6.45, 7) is 5.19. The molecule has 0 unspecified atom stereocenters. The third-order valence-electron chi connectivity index (χ3n) is 4.70. The van der Waals surface area contributed by atoms with Gasteiger partial charge < -0.3 is 9.64 Å². The fourth-order valence-electron chi connectivity index (χ4n) is 2.90. The Morgan fingerprint density at radius 2 is 1.84 bits per heavy atom. The van der Waals surface area contributed by atoms with Crippen LogP contribution in [0, 0.1) is 12.8 Å². The van der Waals surface area contributed by atoms with Crippen molar-refractivity contribution in [2.24, 2.45) is 5.92 Å². The second-order valence-corrected chi connectivity index (χ2v) is 8.14. The number of hydrogen-bond donors (Lipinski definition) is 0. The van der Waals surface area contributed by atoms with E-state index >= 15 is 0 Å². The van der Waals surface area contributed by atoms with E-state index in [9.17, 15) is 13.2 Å². The first-order chi connectivity index (χ1) is 11.8. The molecule has 0 aromatic heterocycles. The van der Waals surface area contributed by atoms with Gasteiger partial charge in [0.1, 0.15) is 6.10 Å². The Morgan fingerprint density at radius 3 is 2.40 bits per heavy atom. The second-order valence-electron chi connectivity index (χ2n) is 6.52. The Bertz CT molecular complexity index is 663. The maximum absolute atomic E-state index is 12.1. The van der Waals surface area contributed by atoms with Gasteiger partial charge in [0.25, 0.3) is 16.0 Å². The van der Waals surface area contributed by atoms with Gasteiger partial charge >= 0.3 is 0 Å². The van der Waals surface area contributed by atoms with Gasteiger partial charge in [0.05, 0.1) is 11.5 Å². The van der Waals surface area contributed by atoms with E-state index < -0.39 is 16.2 Å². The molecule has 7 heteroatoms.